The van der Waals surface area contributed by atoms with E-state index in [0.29, 0.717) is 0 Å². The average molecular weight is 434 g/mol. The fraction of sp³-hybridized carbons (Fsp3) is 0.0833. The molecule has 0 saturated carbocycles. The minimum atomic E-state index is 0.750. The third-order valence-electron chi connectivity index (χ3n) is 2.51. The lowest BCUT2D eigenvalue weighted by Crippen LogP contribution is -1.71. The highest BCUT2D eigenvalue weighted by molar-refractivity contribution is 5.20. The van der Waals surface area contributed by atoms with Crippen LogP contribution >= 0.6 is 0 Å². The van der Waals surface area contributed by atoms with E-state index < -0.39 is 0 Å². The highest BCUT2D eigenvalue weighted by Crippen LogP contribution is 2.00. The average Bonchev–Trinajstić information content (AvgIpc) is 2.79. The Labute approximate surface area is 189 Å². The molecular formula is C24H26N4O4. The molecule has 0 atom stereocenters. The molecule has 0 fully saturated rings. The van der Waals surface area contributed by atoms with Gasteiger partial charge in [-0.05, 0) is 13.8 Å². The molecule has 166 valence electrons. The van der Waals surface area contributed by atoms with E-state index >= 15 is 0 Å². The van der Waals surface area contributed by atoms with Gasteiger partial charge in [0.1, 0.15) is 0 Å². The Kier molecular flexibility index (Phi) is 39.4. The Morgan fingerprint density at radius 3 is 0.688 bits per heavy atom. The van der Waals surface area contributed by atoms with Gasteiger partial charge in [0.2, 0.25) is 0 Å². The van der Waals surface area contributed by atoms with Gasteiger partial charge < -0.3 is 20.4 Å². The van der Waals surface area contributed by atoms with Crippen LogP contribution in [0.3, 0.4) is 0 Å². The molecule has 0 aromatic heterocycles. The van der Waals surface area contributed by atoms with Crippen LogP contribution in [-0.4, -0.2) is 20.4 Å². The van der Waals surface area contributed by atoms with Gasteiger partial charge in [-0.2, -0.15) is 21.0 Å². The maximum absolute atomic E-state index is 6.88. The molecule has 3 aromatic rings. The normalized spacial score (nSPS) is 6.19. The van der Waals surface area contributed by atoms with Crippen LogP contribution in [0.2, 0.25) is 0 Å². The summed E-state index contributed by atoms with van der Waals surface area (Å²) in [4.78, 5) is 0. The van der Waals surface area contributed by atoms with Gasteiger partial charge in [0.05, 0.1) is 0 Å². The zero-order valence-corrected chi connectivity index (χ0v) is 17.8. The van der Waals surface area contributed by atoms with Gasteiger partial charge in [0, 0.05) is 0 Å². The van der Waals surface area contributed by atoms with Crippen molar-refractivity contribution in [2.24, 2.45) is 0 Å². The van der Waals surface area contributed by atoms with E-state index in [1.54, 1.807) is 0 Å². The van der Waals surface area contributed by atoms with E-state index in [1.165, 1.54) is 11.1 Å². The summed E-state index contributed by atoms with van der Waals surface area (Å²) >= 11 is 0. The number of aryl methyl sites for hydroxylation is 2. The maximum Gasteiger partial charge on any atom is 0.283 e. The predicted octanol–water partition coefficient (Wildman–Crippen LogP) is 5.04. The molecular weight excluding hydrogens is 408 g/mol. The number of nitriles is 4. The van der Waals surface area contributed by atoms with Gasteiger partial charge in [-0.25, -0.2) is 0 Å². The van der Waals surface area contributed by atoms with E-state index in [2.05, 4.69) is 38.1 Å². The Bertz CT molecular complexity index is 745. The first-order valence-electron chi connectivity index (χ1n) is 8.61. The summed E-state index contributed by atoms with van der Waals surface area (Å²) in [5.41, 5.74) is 2.68. The van der Waals surface area contributed by atoms with Gasteiger partial charge in [-0.1, -0.05) is 108 Å². The summed E-state index contributed by atoms with van der Waals surface area (Å²) in [7, 11) is 0. The summed E-state index contributed by atoms with van der Waals surface area (Å²) < 4.78 is 0. The first kappa shape index (κ1) is 34.3. The van der Waals surface area contributed by atoms with Crippen molar-refractivity contribution in [3.63, 3.8) is 0 Å². The third kappa shape index (κ3) is 49.8. The minimum absolute atomic E-state index is 0.750. The highest BCUT2D eigenvalue weighted by Gasteiger charge is 1.80. The lowest BCUT2D eigenvalue weighted by atomic mass is 10.2. The Morgan fingerprint density at radius 1 is 0.438 bits per heavy atom. The molecule has 0 aliphatic heterocycles. The molecule has 0 heterocycles. The summed E-state index contributed by atoms with van der Waals surface area (Å²) in [6.45, 7) is 4.21. The molecule has 3 aromatic carbocycles. The molecule has 0 saturated heterocycles. The summed E-state index contributed by atoms with van der Waals surface area (Å²) in [5, 5.41) is 55.0. The Balaban J connectivity index is -0.000000150. The van der Waals surface area contributed by atoms with Crippen molar-refractivity contribution in [1.29, 1.82) is 21.0 Å². The van der Waals surface area contributed by atoms with E-state index in [4.69, 9.17) is 41.5 Å². The van der Waals surface area contributed by atoms with Crippen LogP contribution in [0.15, 0.2) is 97.1 Å². The molecule has 8 nitrogen and oxygen atoms in total. The van der Waals surface area contributed by atoms with Gasteiger partial charge in [0.15, 0.2) is 0 Å². The second kappa shape index (κ2) is 36.7. The van der Waals surface area contributed by atoms with Gasteiger partial charge >= 0.3 is 0 Å². The van der Waals surface area contributed by atoms with Crippen LogP contribution in [0.5, 0.6) is 0 Å². The fourth-order valence-electron chi connectivity index (χ4n) is 1.58. The van der Waals surface area contributed by atoms with Crippen molar-refractivity contribution in [2.75, 3.05) is 0 Å². The molecule has 0 aliphatic rings. The zero-order valence-electron chi connectivity index (χ0n) is 17.8. The second-order valence-corrected chi connectivity index (χ2v) is 4.87. The van der Waals surface area contributed by atoms with E-state index in [9.17, 15) is 0 Å². The number of hydrogen-bond acceptors (Lipinski definition) is 8. The van der Waals surface area contributed by atoms with E-state index in [-0.39, 0.29) is 0 Å². The highest BCUT2D eigenvalue weighted by atomic mass is 16.2. The van der Waals surface area contributed by atoms with Crippen LogP contribution in [-0.2, 0) is 0 Å². The monoisotopic (exact) mass is 434 g/mol. The van der Waals surface area contributed by atoms with Crippen molar-refractivity contribution in [3.05, 3.63) is 108 Å². The molecule has 3 rings (SSSR count). The first-order chi connectivity index (χ1) is 15.4. The molecule has 0 aliphatic carbocycles. The van der Waals surface area contributed by atoms with Gasteiger partial charge in [-0.3, -0.25) is 0 Å². The minimum Gasteiger partial charge on any atom is -0.443 e. The quantitative estimate of drug-likeness (QED) is 0.356. The van der Waals surface area contributed by atoms with Crippen LogP contribution in [0.25, 0.3) is 0 Å². The summed E-state index contributed by atoms with van der Waals surface area (Å²) in [5.74, 6) is 0. The van der Waals surface area contributed by atoms with Gasteiger partial charge in [-0.15, -0.1) is 0 Å². The predicted molar refractivity (Wildman–Crippen MR) is 119 cm³/mol. The first-order valence-corrected chi connectivity index (χ1v) is 8.61. The number of rotatable bonds is 0. The van der Waals surface area contributed by atoms with E-state index in [1.807, 2.05) is 72.8 Å². The maximum atomic E-state index is 6.88. The number of benzene rings is 3. The van der Waals surface area contributed by atoms with Crippen LogP contribution in [0, 0.1) is 59.9 Å². The number of aliphatic hydroxyl groups is 4. The SMILES string of the molecule is Cc1cccc(C)c1.N#CO.N#CO.N#CO.N#CO.c1ccccc1.c1ccccc1. The van der Waals surface area contributed by atoms with E-state index in [0.717, 1.165) is 25.0 Å². The molecule has 4 N–H and O–H groups in total. The van der Waals surface area contributed by atoms with Gasteiger partial charge in [0.25, 0.3) is 25.0 Å². The van der Waals surface area contributed by atoms with Crippen molar-refractivity contribution in [1.82, 2.24) is 0 Å². The largest absolute Gasteiger partial charge is 0.443 e. The topological polar surface area (TPSA) is 176 Å². The fourth-order valence-corrected chi connectivity index (χ4v) is 1.58. The Morgan fingerprint density at radius 2 is 0.594 bits per heavy atom. The third-order valence-corrected chi connectivity index (χ3v) is 2.51. The van der Waals surface area contributed by atoms with Crippen molar-refractivity contribution >= 4 is 0 Å². The summed E-state index contributed by atoms with van der Waals surface area (Å²) in [6, 6.07) is 32.4. The van der Waals surface area contributed by atoms with Crippen molar-refractivity contribution < 1.29 is 20.4 Å². The molecule has 0 radical (unpaired) electrons. The lowest BCUT2D eigenvalue weighted by molar-refractivity contribution is 0.502. The van der Waals surface area contributed by atoms with Crippen molar-refractivity contribution in [2.45, 2.75) is 13.8 Å². The smallest absolute Gasteiger partial charge is 0.283 e. The summed E-state index contributed by atoms with van der Waals surface area (Å²) in [6.07, 6.45) is 3.00. The molecule has 32 heavy (non-hydrogen) atoms. The standard InChI is InChI=1S/C8H10.2C6H6.4CHNO/c1-7-4-3-5-8(2)6-7;2*1-2-4-6-5-3-1;4*2-1-3/h3-6H,1-2H3;2*1-6H;4*3H. The van der Waals surface area contributed by atoms with Crippen LogP contribution < -0.4 is 0 Å². The van der Waals surface area contributed by atoms with Crippen LogP contribution in [0.4, 0.5) is 0 Å². The zero-order chi connectivity index (χ0) is 25.3. The number of nitrogens with zero attached hydrogens (tertiary/aromatic N) is 4. The van der Waals surface area contributed by atoms with Crippen molar-refractivity contribution in [3.8, 4) is 25.0 Å². The molecule has 0 unspecified atom stereocenters. The molecule has 0 amide bonds. The van der Waals surface area contributed by atoms with Crippen LogP contribution in [0.1, 0.15) is 11.1 Å². The number of aliphatic hydroxyl groups excluding tert-OH is 4. The molecule has 0 bridgehead atoms. The lowest BCUT2D eigenvalue weighted by Gasteiger charge is -1.90. The molecule has 8 heteroatoms. The number of hydrogen-bond donors (Lipinski definition) is 4. The second-order valence-electron chi connectivity index (χ2n) is 4.87. The molecule has 0 spiro atoms. The Hall–Kier alpha value is -5.18.